The topological polar surface area (TPSA) is 0 Å². The molecule has 10 rings (SSSR count). The van der Waals surface area contributed by atoms with Crippen molar-refractivity contribution in [3.05, 3.63) is 194 Å². The number of benzene rings is 10. The van der Waals surface area contributed by atoms with Crippen LogP contribution >= 0.6 is 0 Å². The van der Waals surface area contributed by atoms with E-state index in [2.05, 4.69) is 194 Å². The lowest BCUT2D eigenvalue weighted by Gasteiger charge is -2.20. The summed E-state index contributed by atoms with van der Waals surface area (Å²) in [5.74, 6) is 0. The summed E-state index contributed by atoms with van der Waals surface area (Å²) in [5, 5.41) is 12.7. The smallest absolute Gasteiger partial charge is 0.00201 e. The minimum absolute atomic E-state index is 1.22. The molecule has 232 valence electrons. The van der Waals surface area contributed by atoms with E-state index in [1.165, 1.54) is 98.4 Å². The van der Waals surface area contributed by atoms with Crippen molar-refractivity contribution in [3.63, 3.8) is 0 Å². The lowest BCUT2D eigenvalue weighted by molar-refractivity contribution is 1.62. The van der Waals surface area contributed by atoms with E-state index in [0.717, 1.165) is 0 Å². The van der Waals surface area contributed by atoms with Crippen LogP contribution < -0.4 is 0 Å². The molecule has 0 heteroatoms. The van der Waals surface area contributed by atoms with E-state index < -0.39 is 0 Å². The van der Waals surface area contributed by atoms with Crippen LogP contribution in [0.4, 0.5) is 0 Å². The van der Waals surface area contributed by atoms with Gasteiger partial charge in [0.05, 0.1) is 0 Å². The van der Waals surface area contributed by atoms with E-state index in [-0.39, 0.29) is 0 Å². The van der Waals surface area contributed by atoms with Gasteiger partial charge < -0.3 is 0 Å². The van der Waals surface area contributed by atoms with Crippen LogP contribution in [0.3, 0.4) is 0 Å². The molecule has 0 unspecified atom stereocenters. The van der Waals surface area contributed by atoms with Gasteiger partial charge in [0.1, 0.15) is 0 Å². The van der Waals surface area contributed by atoms with Gasteiger partial charge in [0.25, 0.3) is 0 Å². The molecule has 0 aliphatic rings. The predicted molar refractivity (Wildman–Crippen MR) is 216 cm³/mol. The highest BCUT2D eigenvalue weighted by Gasteiger charge is 2.20. The van der Waals surface area contributed by atoms with Crippen molar-refractivity contribution >= 4 is 53.9 Å². The Hall–Kier alpha value is -6.50. The molecular formula is C50H32. The maximum absolute atomic E-state index is 2.38. The Morgan fingerprint density at radius 3 is 1.34 bits per heavy atom. The van der Waals surface area contributed by atoms with E-state index in [4.69, 9.17) is 0 Å². The lowest BCUT2D eigenvalue weighted by atomic mass is 9.82. The first kappa shape index (κ1) is 28.5. The van der Waals surface area contributed by atoms with Crippen molar-refractivity contribution in [2.45, 2.75) is 0 Å². The Labute approximate surface area is 291 Å². The molecule has 0 aromatic heterocycles. The van der Waals surface area contributed by atoms with E-state index in [1.54, 1.807) is 0 Å². The molecule has 50 heavy (non-hydrogen) atoms. The Bertz CT molecular complexity index is 2850. The maximum atomic E-state index is 2.38. The molecule has 0 saturated carbocycles. The second kappa shape index (κ2) is 11.6. The fraction of sp³-hybridized carbons (Fsp3) is 0. The molecule has 0 spiro atoms. The summed E-state index contributed by atoms with van der Waals surface area (Å²) in [6, 6.07) is 71.3. The zero-order valence-corrected chi connectivity index (χ0v) is 27.5. The fourth-order valence-corrected chi connectivity index (χ4v) is 8.14. The maximum Gasteiger partial charge on any atom is -0.00201 e. The monoisotopic (exact) mass is 632 g/mol. The van der Waals surface area contributed by atoms with Crippen LogP contribution in [-0.2, 0) is 0 Å². The molecule has 0 bridgehead atoms. The molecule has 0 saturated heterocycles. The average molecular weight is 633 g/mol. The molecule has 0 amide bonds. The van der Waals surface area contributed by atoms with E-state index in [1.807, 2.05) is 0 Å². The first-order valence-electron chi connectivity index (χ1n) is 17.4. The van der Waals surface area contributed by atoms with Crippen molar-refractivity contribution < 1.29 is 0 Å². The van der Waals surface area contributed by atoms with E-state index >= 15 is 0 Å². The first-order valence-corrected chi connectivity index (χ1v) is 17.4. The summed E-state index contributed by atoms with van der Waals surface area (Å²) in [6.45, 7) is 0. The molecular weight excluding hydrogens is 601 g/mol. The summed E-state index contributed by atoms with van der Waals surface area (Å²) in [4.78, 5) is 0. The predicted octanol–water partition coefficient (Wildman–Crippen LogP) is 14.1. The Morgan fingerprint density at radius 1 is 0.200 bits per heavy atom. The van der Waals surface area contributed by atoms with Gasteiger partial charge in [-0.15, -0.1) is 0 Å². The van der Waals surface area contributed by atoms with Crippen LogP contribution in [0.5, 0.6) is 0 Å². The second-order valence-electron chi connectivity index (χ2n) is 13.2. The number of hydrogen-bond donors (Lipinski definition) is 0. The molecule has 0 radical (unpaired) electrons. The zero-order valence-electron chi connectivity index (χ0n) is 27.5. The Morgan fingerprint density at radius 2 is 0.660 bits per heavy atom. The van der Waals surface area contributed by atoms with Gasteiger partial charge >= 0.3 is 0 Å². The third-order valence-corrected chi connectivity index (χ3v) is 10.4. The van der Waals surface area contributed by atoms with E-state index in [0.29, 0.717) is 0 Å². The zero-order chi connectivity index (χ0) is 33.0. The Kier molecular flexibility index (Phi) is 6.60. The van der Waals surface area contributed by atoms with Gasteiger partial charge in [-0.3, -0.25) is 0 Å². The van der Waals surface area contributed by atoms with Crippen LogP contribution in [0.15, 0.2) is 194 Å². The fourth-order valence-electron chi connectivity index (χ4n) is 8.14. The van der Waals surface area contributed by atoms with Gasteiger partial charge in [-0.2, -0.15) is 0 Å². The summed E-state index contributed by atoms with van der Waals surface area (Å²) < 4.78 is 0. The Balaban J connectivity index is 1.20. The van der Waals surface area contributed by atoms with Crippen molar-refractivity contribution in [2.75, 3.05) is 0 Å². The van der Waals surface area contributed by atoms with Crippen LogP contribution in [0.25, 0.3) is 98.4 Å². The molecule has 0 heterocycles. The third kappa shape index (κ3) is 4.54. The molecule has 10 aromatic carbocycles. The van der Waals surface area contributed by atoms with Gasteiger partial charge in [-0.1, -0.05) is 182 Å². The molecule has 0 aliphatic heterocycles. The normalized spacial score (nSPS) is 11.6. The number of rotatable bonds is 4. The van der Waals surface area contributed by atoms with Crippen molar-refractivity contribution in [1.82, 2.24) is 0 Å². The molecule has 0 N–H and O–H groups in total. The summed E-state index contributed by atoms with van der Waals surface area (Å²) in [5.41, 5.74) is 9.99. The lowest BCUT2D eigenvalue weighted by Crippen LogP contribution is -1.93. The van der Waals surface area contributed by atoms with Crippen LogP contribution in [0, 0.1) is 0 Å². The second-order valence-corrected chi connectivity index (χ2v) is 13.2. The highest BCUT2D eigenvalue weighted by atomic mass is 14.2. The van der Waals surface area contributed by atoms with Gasteiger partial charge in [0.15, 0.2) is 0 Å². The van der Waals surface area contributed by atoms with Crippen molar-refractivity contribution in [2.24, 2.45) is 0 Å². The molecule has 0 nitrogen and oxygen atoms in total. The average Bonchev–Trinajstić information content (AvgIpc) is 3.19. The highest BCUT2D eigenvalue weighted by molar-refractivity contribution is 6.23. The van der Waals surface area contributed by atoms with Crippen LogP contribution in [0.2, 0.25) is 0 Å². The SMILES string of the molecule is c1ccc(-c2cc3ccccc3c3ccccc23)c(-c2c3ccccc3c(-c3ccc(-c4ccc5ccccc5c4)cc3)c3ccccc23)c1. The molecule has 0 atom stereocenters. The summed E-state index contributed by atoms with van der Waals surface area (Å²) in [7, 11) is 0. The largest absolute Gasteiger partial charge is 0.0616 e. The van der Waals surface area contributed by atoms with Crippen LogP contribution in [-0.4, -0.2) is 0 Å². The number of fused-ring (bicyclic) bond motifs is 6. The minimum Gasteiger partial charge on any atom is -0.0616 e. The molecule has 0 fully saturated rings. The van der Waals surface area contributed by atoms with Gasteiger partial charge in [0.2, 0.25) is 0 Å². The van der Waals surface area contributed by atoms with E-state index in [9.17, 15) is 0 Å². The van der Waals surface area contributed by atoms with Crippen LogP contribution in [0.1, 0.15) is 0 Å². The standard InChI is InChI=1S/C50H32/c1-2-14-36-31-37(30-27-33(36)13-1)34-25-28-35(29-26-34)49-44-21-9-11-23-46(44)50(47-24-12-10-22-45(47)49)43-20-8-7-19-42(43)48-32-38-15-3-4-16-39(38)40-17-5-6-18-41(40)48/h1-32H. The van der Waals surface area contributed by atoms with Gasteiger partial charge in [-0.05, 0) is 111 Å². The highest BCUT2D eigenvalue weighted by Crippen LogP contribution is 2.47. The summed E-state index contributed by atoms with van der Waals surface area (Å²) in [6.07, 6.45) is 0. The van der Waals surface area contributed by atoms with Gasteiger partial charge in [-0.25, -0.2) is 0 Å². The molecule has 10 aromatic rings. The minimum atomic E-state index is 1.22. The quantitative estimate of drug-likeness (QED) is 0.134. The van der Waals surface area contributed by atoms with Gasteiger partial charge in [0, 0.05) is 0 Å². The number of hydrogen-bond acceptors (Lipinski definition) is 0. The van der Waals surface area contributed by atoms with Crippen molar-refractivity contribution in [1.29, 1.82) is 0 Å². The third-order valence-electron chi connectivity index (χ3n) is 10.4. The van der Waals surface area contributed by atoms with Crippen molar-refractivity contribution in [3.8, 4) is 44.5 Å². The first-order chi connectivity index (χ1) is 24.8. The molecule has 0 aliphatic carbocycles. The summed E-state index contributed by atoms with van der Waals surface area (Å²) >= 11 is 0.